The van der Waals surface area contributed by atoms with E-state index in [1.54, 1.807) is 0 Å². The lowest BCUT2D eigenvalue weighted by atomic mass is 9.33. The number of para-hydroxylation sites is 3. The van der Waals surface area contributed by atoms with Gasteiger partial charge in [0.2, 0.25) is 0 Å². The van der Waals surface area contributed by atoms with Crippen molar-refractivity contribution in [3.05, 3.63) is 374 Å². The molecule has 1 spiro atoms. The number of fused-ring (bicyclic) bond motifs is 23. The van der Waals surface area contributed by atoms with Crippen LogP contribution in [-0.2, 0) is 5.41 Å². The summed E-state index contributed by atoms with van der Waals surface area (Å²) in [5.74, 6) is 0. The van der Waals surface area contributed by atoms with Gasteiger partial charge in [-0.25, -0.2) is 0 Å². The van der Waals surface area contributed by atoms with Gasteiger partial charge in [0.25, 0.3) is 6.71 Å². The first-order valence-corrected chi connectivity index (χ1v) is 37.3. The summed E-state index contributed by atoms with van der Waals surface area (Å²) in [7, 11) is 0. The Balaban J connectivity index is 0.925. The Morgan fingerprint density at radius 2 is 0.621 bits per heavy atom. The Kier molecular flexibility index (Phi) is 12.1. The van der Waals surface area contributed by atoms with Crippen LogP contribution in [0.5, 0.6) is 0 Å². The third kappa shape index (κ3) is 7.94. The standard InChI is InChI=1S/C97H58BN3S2/c1-5-27-59(28-6-1)64-41-25-42-65(60-29-7-2-8-30-60)95(64)100-86-54-76-72-39-17-23-49-90(72)102-92(76)57-82(86)98-83-58-93-77(73-40-18-24-50-91(73)103-93)55-87(83)101(96-66(61-31-9-3-10-32-61)43-26-44-67(96)62-33-11-4-12-34-62)89-52-63(51-88(100)94(89)98)99-84-48-22-16-38-71(84)75-53-74-70-37-15-21-47-80(70)97(81(74)56-85(75)99)78-45-19-13-35-68(78)69-36-14-20-46-79(69)97/h1-58H. The summed E-state index contributed by atoms with van der Waals surface area (Å²) in [6.07, 6.45) is 0. The number of rotatable bonds is 7. The first-order valence-electron chi connectivity index (χ1n) is 35.7. The predicted molar refractivity (Wildman–Crippen MR) is 439 cm³/mol. The number of hydrogen-bond donors (Lipinski definition) is 0. The summed E-state index contributed by atoms with van der Waals surface area (Å²) in [6, 6.07) is 134. The van der Waals surface area contributed by atoms with Crippen molar-refractivity contribution >= 4 is 142 Å². The Hall–Kier alpha value is -12.6. The molecule has 0 saturated carbocycles. The molecule has 16 aromatic carbocycles. The van der Waals surface area contributed by atoms with E-state index in [9.17, 15) is 0 Å². The summed E-state index contributed by atoms with van der Waals surface area (Å²) in [5, 5.41) is 7.47. The van der Waals surface area contributed by atoms with Gasteiger partial charge in [0, 0.05) is 96.1 Å². The summed E-state index contributed by atoms with van der Waals surface area (Å²) in [5.41, 5.74) is 33.1. The topological polar surface area (TPSA) is 11.4 Å². The van der Waals surface area contributed by atoms with Crippen LogP contribution in [0, 0.1) is 0 Å². The van der Waals surface area contributed by atoms with E-state index in [4.69, 9.17) is 0 Å². The molecule has 103 heavy (non-hydrogen) atoms. The lowest BCUT2D eigenvalue weighted by molar-refractivity contribution is 0.794. The van der Waals surface area contributed by atoms with E-state index in [1.165, 1.54) is 123 Å². The molecule has 19 aromatic rings. The molecule has 3 nitrogen and oxygen atoms in total. The monoisotopic (exact) mass is 1340 g/mol. The van der Waals surface area contributed by atoms with Crippen molar-refractivity contribution in [3.63, 3.8) is 0 Å². The van der Waals surface area contributed by atoms with E-state index >= 15 is 0 Å². The van der Waals surface area contributed by atoms with Crippen molar-refractivity contribution in [2.75, 3.05) is 9.80 Å². The molecule has 0 fully saturated rings. The highest BCUT2D eigenvalue weighted by molar-refractivity contribution is 7.26. The van der Waals surface area contributed by atoms with Crippen LogP contribution >= 0.6 is 22.7 Å². The molecule has 0 amide bonds. The second kappa shape index (κ2) is 21.7. The second-order valence-electron chi connectivity index (χ2n) is 28.0. The van der Waals surface area contributed by atoms with Crippen LogP contribution in [0.25, 0.3) is 135 Å². The van der Waals surface area contributed by atoms with E-state index < -0.39 is 5.41 Å². The van der Waals surface area contributed by atoms with Crippen LogP contribution in [-0.4, -0.2) is 11.3 Å². The second-order valence-corrected chi connectivity index (χ2v) is 30.2. The summed E-state index contributed by atoms with van der Waals surface area (Å²) in [6.45, 7) is -0.226. The van der Waals surface area contributed by atoms with Crippen LogP contribution in [0.2, 0.25) is 0 Å². The highest BCUT2D eigenvalue weighted by Gasteiger charge is 2.52. The molecule has 0 atom stereocenters. The van der Waals surface area contributed by atoms with E-state index in [0.717, 1.165) is 84.0 Å². The summed E-state index contributed by atoms with van der Waals surface area (Å²) < 4.78 is 7.76. The number of benzene rings is 16. The van der Waals surface area contributed by atoms with Gasteiger partial charge in [0.05, 0.1) is 33.5 Å². The fourth-order valence-electron chi connectivity index (χ4n) is 18.8. The van der Waals surface area contributed by atoms with Gasteiger partial charge in [-0.15, -0.1) is 22.7 Å². The quantitative estimate of drug-likeness (QED) is 0.147. The van der Waals surface area contributed by atoms with Gasteiger partial charge in [-0.3, -0.25) is 0 Å². The first kappa shape index (κ1) is 57.2. The maximum absolute atomic E-state index is 2.73. The first-order chi connectivity index (χ1) is 51.1. The molecule has 5 heterocycles. The molecule has 0 N–H and O–H groups in total. The predicted octanol–water partition coefficient (Wildman–Crippen LogP) is 24.6. The normalized spacial score (nSPS) is 13.5. The highest BCUT2D eigenvalue weighted by Crippen LogP contribution is 2.64. The van der Waals surface area contributed by atoms with Crippen molar-refractivity contribution in [1.29, 1.82) is 0 Å². The van der Waals surface area contributed by atoms with Gasteiger partial charge >= 0.3 is 0 Å². The molecule has 2 aliphatic carbocycles. The van der Waals surface area contributed by atoms with Gasteiger partial charge in [0.1, 0.15) is 0 Å². The maximum atomic E-state index is 2.73. The highest BCUT2D eigenvalue weighted by atomic mass is 32.1. The van der Waals surface area contributed by atoms with Gasteiger partial charge < -0.3 is 14.4 Å². The molecule has 23 rings (SSSR count). The third-order valence-electron chi connectivity index (χ3n) is 23.0. The van der Waals surface area contributed by atoms with Crippen molar-refractivity contribution < 1.29 is 0 Å². The Labute approximate surface area is 604 Å². The van der Waals surface area contributed by atoms with Gasteiger partial charge in [0.15, 0.2) is 0 Å². The lowest BCUT2D eigenvalue weighted by Crippen LogP contribution is -2.61. The van der Waals surface area contributed by atoms with Gasteiger partial charge in [-0.2, -0.15) is 0 Å². The largest absolute Gasteiger partial charge is 0.310 e. The molecule has 476 valence electrons. The Morgan fingerprint density at radius 3 is 1.08 bits per heavy atom. The molecule has 0 bridgehead atoms. The van der Waals surface area contributed by atoms with Crippen LogP contribution in [0.4, 0.5) is 34.1 Å². The molecule has 6 heteroatoms. The zero-order chi connectivity index (χ0) is 67.2. The fourth-order valence-corrected chi connectivity index (χ4v) is 21.1. The molecule has 0 radical (unpaired) electrons. The van der Waals surface area contributed by atoms with E-state index in [2.05, 4.69) is 366 Å². The molecular weight excluding hydrogens is 1280 g/mol. The number of hydrogen-bond acceptors (Lipinski definition) is 4. The zero-order valence-electron chi connectivity index (χ0n) is 55.7. The van der Waals surface area contributed by atoms with E-state index in [-0.39, 0.29) is 6.71 Å². The van der Waals surface area contributed by atoms with Crippen molar-refractivity contribution in [1.82, 2.24) is 4.57 Å². The fraction of sp³-hybridized carbons (Fsp3) is 0.0103. The third-order valence-corrected chi connectivity index (χ3v) is 25.2. The average molecular weight is 1340 g/mol. The molecular formula is C97H58BN3S2. The Bertz CT molecular complexity index is 6390. The minimum Gasteiger partial charge on any atom is -0.310 e. The van der Waals surface area contributed by atoms with Crippen molar-refractivity contribution in [3.8, 4) is 72.4 Å². The minimum absolute atomic E-state index is 0.226. The van der Waals surface area contributed by atoms with E-state index in [1.807, 2.05) is 22.7 Å². The molecule has 0 saturated heterocycles. The molecule has 2 aliphatic heterocycles. The molecule has 4 aliphatic rings. The smallest absolute Gasteiger partial charge is 0.252 e. The van der Waals surface area contributed by atoms with Crippen LogP contribution < -0.4 is 26.2 Å². The summed E-state index contributed by atoms with van der Waals surface area (Å²) in [4.78, 5) is 5.47. The molecule has 3 aromatic heterocycles. The van der Waals surface area contributed by atoms with Gasteiger partial charge in [-0.1, -0.05) is 285 Å². The van der Waals surface area contributed by atoms with Crippen LogP contribution in [0.1, 0.15) is 22.3 Å². The number of aromatic nitrogens is 1. The van der Waals surface area contributed by atoms with Crippen molar-refractivity contribution in [2.45, 2.75) is 5.41 Å². The SMILES string of the molecule is c1ccc(-c2cccc(-c3ccccc3)c2N2c3cc4c(cc3B3c5cc6sc7ccccc7c6cc5N(c5c(-c6ccccc6)cccc5-c5ccccc5)c5cc(-n6c7ccccc7c7cc8c(cc76)C6(c7ccccc7-c7ccccc76)c6ccccc6-8)cc2c53)sc2ccccc24)cc1. The summed E-state index contributed by atoms with van der Waals surface area (Å²) >= 11 is 3.82. The maximum Gasteiger partial charge on any atom is 0.252 e. The molecule has 0 unspecified atom stereocenters. The average Bonchev–Trinajstić information content (AvgIpc) is 1.57. The van der Waals surface area contributed by atoms with Crippen LogP contribution in [0.15, 0.2) is 352 Å². The number of anilines is 6. The Morgan fingerprint density at radius 1 is 0.243 bits per heavy atom. The van der Waals surface area contributed by atoms with Crippen molar-refractivity contribution in [2.24, 2.45) is 0 Å². The van der Waals surface area contributed by atoms with Gasteiger partial charge in [-0.05, 0) is 150 Å². The zero-order valence-corrected chi connectivity index (χ0v) is 57.4. The lowest BCUT2D eigenvalue weighted by Gasteiger charge is -2.46. The van der Waals surface area contributed by atoms with E-state index in [0.29, 0.717) is 0 Å². The number of nitrogens with zero attached hydrogens (tertiary/aromatic N) is 3. The van der Waals surface area contributed by atoms with Crippen LogP contribution in [0.3, 0.4) is 0 Å². The minimum atomic E-state index is -0.566. The number of thiophene rings is 2.